The van der Waals surface area contributed by atoms with Crippen LogP contribution in [0.3, 0.4) is 0 Å². The maximum Gasteiger partial charge on any atom is 0.337 e. The van der Waals surface area contributed by atoms with Crippen LogP contribution in [0, 0.1) is 5.41 Å². The maximum absolute atomic E-state index is 11.9. The number of carbonyl (C=O) groups is 2. The van der Waals surface area contributed by atoms with Gasteiger partial charge >= 0.3 is 12.0 Å². The molecule has 0 atom stereocenters. The summed E-state index contributed by atoms with van der Waals surface area (Å²) in [4.78, 5) is 23.0. The van der Waals surface area contributed by atoms with Crippen molar-refractivity contribution in [3.63, 3.8) is 0 Å². The van der Waals surface area contributed by atoms with E-state index in [1.54, 1.807) is 12.1 Å². The number of amides is 2. The van der Waals surface area contributed by atoms with Crippen LogP contribution in [0.2, 0.25) is 0 Å². The number of carboxylic acids is 1. The fraction of sp³-hybridized carbons (Fsp3) is 0.429. The molecule has 3 N–H and O–H groups in total. The van der Waals surface area contributed by atoms with Gasteiger partial charge < -0.3 is 15.7 Å². The molecule has 0 heterocycles. The molecule has 1 aliphatic rings. The van der Waals surface area contributed by atoms with Crippen molar-refractivity contribution in [1.29, 1.82) is 0 Å². The van der Waals surface area contributed by atoms with E-state index in [0.717, 1.165) is 12.8 Å². The van der Waals surface area contributed by atoms with Crippen LogP contribution >= 0.6 is 15.9 Å². The first-order chi connectivity index (χ1) is 9.39. The SMILES string of the molecule is CC1(CNC(=O)Nc2cc(Br)ccc2C(=O)O)CCC1. The number of carbonyl (C=O) groups excluding carboxylic acids is 1. The number of urea groups is 1. The first kappa shape index (κ1) is 14.8. The number of anilines is 1. The summed E-state index contributed by atoms with van der Waals surface area (Å²) in [5.41, 5.74) is 0.533. The Morgan fingerprint density at radius 1 is 1.40 bits per heavy atom. The second kappa shape index (κ2) is 5.83. The van der Waals surface area contributed by atoms with Crippen LogP contribution in [0.1, 0.15) is 36.5 Å². The lowest BCUT2D eigenvalue weighted by atomic mass is 9.70. The molecule has 2 amide bonds. The predicted octanol–water partition coefficient (Wildman–Crippen LogP) is 3.46. The summed E-state index contributed by atoms with van der Waals surface area (Å²) >= 11 is 3.26. The summed E-state index contributed by atoms with van der Waals surface area (Å²) in [5.74, 6) is -1.07. The summed E-state index contributed by atoms with van der Waals surface area (Å²) in [5, 5.41) is 14.5. The molecule has 1 aromatic carbocycles. The standard InChI is InChI=1S/C14H17BrN2O3/c1-14(5-2-6-14)8-16-13(20)17-11-7-9(15)3-4-10(11)12(18)19/h3-4,7H,2,5-6,8H2,1H3,(H,18,19)(H2,16,17,20). The van der Waals surface area contributed by atoms with Gasteiger partial charge in [-0.3, -0.25) is 0 Å². The zero-order valence-electron chi connectivity index (χ0n) is 11.2. The molecule has 1 aliphatic carbocycles. The Balaban J connectivity index is 1.99. The maximum atomic E-state index is 11.9. The van der Waals surface area contributed by atoms with Gasteiger partial charge in [-0.15, -0.1) is 0 Å². The van der Waals surface area contributed by atoms with Crippen molar-refractivity contribution < 1.29 is 14.7 Å². The largest absolute Gasteiger partial charge is 0.478 e. The van der Waals surface area contributed by atoms with Gasteiger partial charge in [-0.05, 0) is 36.5 Å². The molecule has 0 aromatic heterocycles. The van der Waals surface area contributed by atoms with Crippen molar-refractivity contribution in [2.75, 3.05) is 11.9 Å². The third kappa shape index (κ3) is 3.50. The Labute approximate surface area is 125 Å². The second-order valence-corrected chi connectivity index (χ2v) is 6.38. The minimum absolute atomic E-state index is 0.0678. The summed E-state index contributed by atoms with van der Waals surface area (Å²) < 4.78 is 0.712. The summed E-state index contributed by atoms with van der Waals surface area (Å²) in [6.07, 6.45) is 3.43. The predicted molar refractivity (Wildman–Crippen MR) is 80.1 cm³/mol. The highest BCUT2D eigenvalue weighted by atomic mass is 79.9. The highest BCUT2D eigenvalue weighted by Crippen LogP contribution is 2.39. The van der Waals surface area contributed by atoms with Crippen molar-refractivity contribution in [3.8, 4) is 0 Å². The lowest BCUT2D eigenvalue weighted by molar-refractivity contribution is 0.0698. The molecule has 0 saturated heterocycles. The van der Waals surface area contributed by atoms with E-state index < -0.39 is 5.97 Å². The third-order valence-corrected chi connectivity index (χ3v) is 4.19. The number of halogens is 1. The fourth-order valence-electron chi connectivity index (χ4n) is 2.22. The number of carboxylic acid groups (broad SMARTS) is 1. The van der Waals surface area contributed by atoms with Crippen LogP contribution in [-0.2, 0) is 0 Å². The van der Waals surface area contributed by atoms with E-state index in [2.05, 4.69) is 33.5 Å². The van der Waals surface area contributed by atoms with E-state index in [0.29, 0.717) is 11.0 Å². The third-order valence-electron chi connectivity index (χ3n) is 3.70. The quantitative estimate of drug-likeness (QED) is 0.785. The van der Waals surface area contributed by atoms with Gasteiger partial charge in [-0.25, -0.2) is 9.59 Å². The van der Waals surface area contributed by atoms with E-state index in [-0.39, 0.29) is 22.7 Å². The Morgan fingerprint density at radius 3 is 2.65 bits per heavy atom. The number of hydrogen-bond acceptors (Lipinski definition) is 2. The molecule has 1 fully saturated rings. The minimum atomic E-state index is -1.07. The number of nitrogens with one attached hydrogen (secondary N) is 2. The normalized spacial score (nSPS) is 16.1. The first-order valence-electron chi connectivity index (χ1n) is 6.47. The Bertz CT molecular complexity index is 541. The lowest BCUT2D eigenvalue weighted by Crippen LogP contribution is -2.41. The van der Waals surface area contributed by atoms with Gasteiger partial charge in [0.05, 0.1) is 11.3 Å². The van der Waals surface area contributed by atoms with E-state index in [1.165, 1.54) is 12.5 Å². The van der Waals surface area contributed by atoms with E-state index >= 15 is 0 Å². The van der Waals surface area contributed by atoms with Gasteiger partial charge in [0.25, 0.3) is 0 Å². The molecule has 1 aromatic rings. The van der Waals surface area contributed by atoms with Crippen LogP contribution in [0.4, 0.5) is 10.5 Å². The minimum Gasteiger partial charge on any atom is -0.478 e. The summed E-state index contributed by atoms with van der Waals surface area (Å²) in [6.45, 7) is 2.74. The molecular weight excluding hydrogens is 324 g/mol. The zero-order valence-corrected chi connectivity index (χ0v) is 12.8. The van der Waals surface area contributed by atoms with Gasteiger partial charge in [0.2, 0.25) is 0 Å². The van der Waals surface area contributed by atoms with Crippen LogP contribution < -0.4 is 10.6 Å². The first-order valence-corrected chi connectivity index (χ1v) is 7.27. The lowest BCUT2D eigenvalue weighted by Gasteiger charge is -2.38. The van der Waals surface area contributed by atoms with Gasteiger partial charge in [0.1, 0.15) is 0 Å². The second-order valence-electron chi connectivity index (χ2n) is 5.47. The Kier molecular flexibility index (Phi) is 4.32. The number of benzene rings is 1. The van der Waals surface area contributed by atoms with Gasteiger partial charge in [-0.2, -0.15) is 0 Å². The van der Waals surface area contributed by atoms with Gasteiger partial charge in [0.15, 0.2) is 0 Å². The molecule has 108 valence electrons. The fourth-order valence-corrected chi connectivity index (χ4v) is 2.58. The molecule has 6 heteroatoms. The molecule has 1 saturated carbocycles. The van der Waals surface area contributed by atoms with Crippen molar-refractivity contribution in [2.45, 2.75) is 26.2 Å². The van der Waals surface area contributed by atoms with Crippen molar-refractivity contribution in [1.82, 2.24) is 5.32 Å². The van der Waals surface area contributed by atoms with Gasteiger partial charge in [-0.1, -0.05) is 29.3 Å². The molecule has 0 aliphatic heterocycles. The molecule has 20 heavy (non-hydrogen) atoms. The average Bonchev–Trinajstić information content (AvgIpc) is 2.33. The molecular formula is C14H17BrN2O3. The van der Waals surface area contributed by atoms with Crippen molar-refractivity contribution >= 4 is 33.6 Å². The highest BCUT2D eigenvalue weighted by Gasteiger charge is 2.31. The van der Waals surface area contributed by atoms with Crippen LogP contribution in [0.25, 0.3) is 0 Å². The van der Waals surface area contributed by atoms with E-state index in [9.17, 15) is 9.59 Å². The van der Waals surface area contributed by atoms with Crippen LogP contribution in [-0.4, -0.2) is 23.7 Å². The van der Waals surface area contributed by atoms with E-state index in [4.69, 9.17) is 5.11 Å². The topological polar surface area (TPSA) is 78.4 Å². The Hall–Kier alpha value is -1.56. The number of aromatic carboxylic acids is 1. The molecule has 0 bridgehead atoms. The van der Waals surface area contributed by atoms with Crippen molar-refractivity contribution in [2.24, 2.45) is 5.41 Å². The van der Waals surface area contributed by atoms with Crippen LogP contribution in [0.15, 0.2) is 22.7 Å². The van der Waals surface area contributed by atoms with E-state index in [1.807, 2.05) is 0 Å². The highest BCUT2D eigenvalue weighted by molar-refractivity contribution is 9.10. The Morgan fingerprint density at radius 2 is 2.10 bits per heavy atom. The smallest absolute Gasteiger partial charge is 0.337 e. The van der Waals surface area contributed by atoms with Gasteiger partial charge in [0, 0.05) is 11.0 Å². The average molecular weight is 341 g/mol. The zero-order chi connectivity index (χ0) is 14.8. The monoisotopic (exact) mass is 340 g/mol. The summed E-state index contributed by atoms with van der Waals surface area (Å²) in [7, 11) is 0. The van der Waals surface area contributed by atoms with Crippen molar-refractivity contribution in [3.05, 3.63) is 28.2 Å². The number of hydrogen-bond donors (Lipinski definition) is 3. The summed E-state index contributed by atoms with van der Waals surface area (Å²) in [6, 6.07) is 4.28. The molecule has 0 unspecified atom stereocenters. The molecule has 0 radical (unpaired) electrons. The number of rotatable bonds is 4. The molecule has 0 spiro atoms. The molecule has 2 rings (SSSR count). The van der Waals surface area contributed by atoms with Crippen LogP contribution in [0.5, 0.6) is 0 Å². The molecule has 5 nitrogen and oxygen atoms in total.